The van der Waals surface area contributed by atoms with Crippen LogP contribution in [0.2, 0.25) is 0 Å². The third kappa shape index (κ3) is 4.61. The second-order valence-electron chi connectivity index (χ2n) is 6.75. The van der Waals surface area contributed by atoms with Crippen LogP contribution in [0.5, 0.6) is 11.5 Å². The van der Waals surface area contributed by atoms with E-state index in [2.05, 4.69) is 11.1 Å². The molecule has 0 saturated heterocycles. The maximum Gasteiger partial charge on any atom is 0.336 e. The maximum absolute atomic E-state index is 12.3. The van der Waals surface area contributed by atoms with Crippen molar-refractivity contribution in [2.75, 3.05) is 14.2 Å². The Kier molecular flexibility index (Phi) is 6.63. The molecule has 0 saturated carbocycles. The van der Waals surface area contributed by atoms with Gasteiger partial charge >= 0.3 is 11.6 Å². The molecule has 2 unspecified atom stereocenters. The molecule has 0 fully saturated rings. The van der Waals surface area contributed by atoms with Crippen molar-refractivity contribution in [3.63, 3.8) is 0 Å². The van der Waals surface area contributed by atoms with Gasteiger partial charge in [0.25, 0.3) is 5.91 Å². The molecule has 1 heterocycles. The zero-order chi connectivity index (χ0) is 21.0. The topological polar surface area (TPSA) is 143 Å². The molecule has 0 aliphatic rings. The lowest BCUT2D eigenvalue weighted by Gasteiger charge is -2.18. The highest BCUT2D eigenvalue weighted by Crippen LogP contribution is 2.33. The fourth-order valence-electron chi connectivity index (χ4n) is 2.72. The van der Waals surface area contributed by atoms with Gasteiger partial charge in [0.1, 0.15) is 11.6 Å². The Hall–Kier alpha value is -3.07. The number of nitrogens with one attached hydrogen (secondary N) is 1. The highest BCUT2D eigenvalue weighted by molar-refractivity contribution is 5.88. The largest absolute Gasteiger partial charge is 0.493 e. The molecule has 1 amide bonds. The predicted molar refractivity (Wildman–Crippen MR) is 100 cm³/mol. The summed E-state index contributed by atoms with van der Waals surface area (Å²) in [6, 6.07) is 2.49. The molecule has 1 aromatic heterocycles. The summed E-state index contributed by atoms with van der Waals surface area (Å²) in [4.78, 5) is 35.9. The summed E-state index contributed by atoms with van der Waals surface area (Å²) >= 11 is 0. The van der Waals surface area contributed by atoms with Crippen molar-refractivity contribution in [2.24, 2.45) is 5.92 Å². The van der Waals surface area contributed by atoms with Crippen molar-refractivity contribution in [3.05, 3.63) is 34.2 Å². The number of carboxylic acid groups (broad SMARTS) is 1. The molecule has 0 radical (unpaired) electrons. The standard InChI is InChI=1S/C19H24N2O7/c1-9(2)17(20)18(23)21-12(19(24)25)5-10-6-16(22)28-13-8-15(27-4)14(26-3)7-11(10)13/h6-9,12,17H,5,20H2,1-4H3,(H,21,23)(H,24,25)/p+1. The first kappa shape index (κ1) is 21.2. The van der Waals surface area contributed by atoms with Gasteiger partial charge in [-0.1, -0.05) is 13.8 Å². The van der Waals surface area contributed by atoms with Gasteiger partial charge in [0, 0.05) is 29.9 Å². The van der Waals surface area contributed by atoms with Gasteiger partial charge < -0.3 is 30.0 Å². The summed E-state index contributed by atoms with van der Waals surface area (Å²) in [6.45, 7) is 3.64. The van der Waals surface area contributed by atoms with E-state index in [1.807, 2.05) is 13.8 Å². The lowest BCUT2D eigenvalue weighted by atomic mass is 10.00. The van der Waals surface area contributed by atoms with Crippen LogP contribution in [0.25, 0.3) is 11.0 Å². The minimum atomic E-state index is -1.23. The summed E-state index contributed by atoms with van der Waals surface area (Å²) in [5, 5.41) is 12.5. The smallest absolute Gasteiger partial charge is 0.336 e. The number of carbonyl (C=O) groups excluding carboxylic acids is 1. The van der Waals surface area contributed by atoms with Crippen LogP contribution in [-0.2, 0) is 16.0 Å². The van der Waals surface area contributed by atoms with Crippen molar-refractivity contribution < 1.29 is 34.3 Å². The summed E-state index contributed by atoms with van der Waals surface area (Å²) in [5.74, 6) is -0.954. The highest BCUT2D eigenvalue weighted by atomic mass is 16.5. The fraction of sp³-hybridized carbons (Fsp3) is 0.421. The molecular formula is C19H25N2O7+. The van der Waals surface area contributed by atoms with Crippen molar-refractivity contribution in [3.8, 4) is 11.5 Å². The molecule has 0 aliphatic carbocycles. The van der Waals surface area contributed by atoms with Crippen LogP contribution in [0.15, 0.2) is 27.4 Å². The van der Waals surface area contributed by atoms with Crippen LogP contribution < -0.4 is 26.1 Å². The van der Waals surface area contributed by atoms with Crippen molar-refractivity contribution in [1.29, 1.82) is 0 Å². The molecule has 2 rings (SSSR count). The Morgan fingerprint density at radius 1 is 1.18 bits per heavy atom. The first-order chi connectivity index (χ1) is 13.2. The Balaban J connectivity index is 2.45. The number of amides is 1. The minimum Gasteiger partial charge on any atom is -0.493 e. The van der Waals surface area contributed by atoms with E-state index in [4.69, 9.17) is 13.9 Å². The number of fused-ring (bicyclic) bond motifs is 1. The van der Waals surface area contributed by atoms with E-state index >= 15 is 0 Å². The number of benzene rings is 1. The van der Waals surface area contributed by atoms with Gasteiger partial charge in [-0.3, -0.25) is 4.79 Å². The van der Waals surface area contributed by atoms with Crippen LogP contribution in [0.3, 0.4) is 0 Å². The summed E-state index contributed by atoms with van der Waals surface area (Å²) in [6.07, 6.45) is -0.108. The quantitative estimate of drug-likeness (QED) is 0.543. The number of quaternary nitrogens is 1. The molecule has 1 aromatic carbocycles. The average molecular weight is 393 g/mol. The molecule has 2 aromatic rings. The number of hydrogen-bond donors (Lipinski definition) is 3. The van der Waals surface area contributed by atoms with Crippen LogP contribution in [0, 0.1) is 5.92 Å². The Morgan fingerprint density at radius 2 is 1.79 bits per heavy atom. The monoisotopic (exact) mass is 393 g/mol. The molecule has 5 N–H and O–H groups in total. The molecule has 0 bridgehead atoms. The minimum absolute atomic E-state index is 0.0456. The van der Waals surface area contributed by atoms with Gasteiger partial charge in [-0.05, 0) is 11.6 Å². The van der Waals surface area contributed by atoms with Gasteiger partial charge in [0.05, 0.1) is 14.2 Å². The van der Waals surface area contributed by atoms with E-state index in [1.165, 1.54) is 26.4 Å². The predicted octanol–water partition coefficient (Wildman–Crippen LogP) is 0.189. The molecule has 0 aliphatic heterocycles. The van der Waals surface area contributed by atoms with Gasteiger partial charge in [0.2, 0.25) is 0 Å². The number of ether oxygens (including phenoxy) is 2. The molecular weight excluding hydrogens is 368 g/mol. The van der Waals surface area contributed by atoms with E-state index in [0.29, 0.717) is 22.4 Å². The zero-order valence-electron chi connectivity index (χ0n) is 16.3. The van der Waals surface area contributed by atoms with E-state index in [9.17, 15) is 19.5 Å². The molecule has 2 atom stereocenters. The third-order valence-electron chi connectivity index (χ3n) is 4.51. The first-order valence-electron chi connectivity index (χ1n) is 8.73. The number of aliphatic carboxylic acids is 1. The summed E-state index contributed by atoms with van der Waals surface area (Å²) in [5.41, 5.74) is 3.76. The summed E-state index contributed by atoms with van der Waals surface area (Å²) in [7, 11) is 2.91. The second-order valence-corrected chi connectivity index (χ2v) is 6.75. The number of methoxy groups -OCH3 is 2. The average Bonchev–Trinajstić information content (AvgIpc) is 2.65. The first-order valence-corrected chi connectivity index (χ1v) is 8.73. The zero-order valence-corrected chi connectivity index (χ0v) is 16.3. The van der Waals surface area contributed by atoms with E-state index in [-0.39, 0.29) is 17.9 Å². The lowest BCUT2D eigenvalue weighted by molar-refractivity contribution is -0.414. The van der Waals surface area contributed by atoms with E-state index in [1.54, 1.807) is 6.07 Å². The van der Waals surface area contributed by atoms with Crippen LogP contribution in [0.4, 0.5) is 0 Å². The SMILES string of the molecule is COc1cc2oc(=O)cc(CC(NC(=O)C([NH3+])C(C)C)C(=O)O)c2cc1OC. The van der Waals surface area contributed by atoms with Crippen molar-refractivity contribution >= 4 is 22.8 Å². The molecule has 9 heteroatoms. The summed E-state index contributed by atoms with van der Waals surface area (Å²) < 4.78 is 15.7. The number of carboxylic acids is 1. The third-order valence-corrected chi connectivity index (χ3v) is 4.51. The highest BCUT2D eigenvalue weighted by Gasteiger charge is 2.28. The van der Waals surface area contributed by atoms with Crippen LogP contribution in [-0.4, -0.2) is 43.3 Å². The van der Waals surface area contributed by atoms with Crippen LogP contribution >= 0.6 is 0 Å². The number of carbonyl (C=O) groups is 2. The second kappa shape index (κ2) is 8.75. The number of hydrogen-bond acceptors (Lipinski definition) is 6. The molecule has 152 valence electrons. The van der Waals surface area contributed by atoms with Crippen molar-refractivity contribution in [1.82, 2.24) is 5.32 Å². The Labute approximate surface area is 161 Å². The van der Waals surface area contributed by atoms with Crippen molar-refractivity contribution in [2.45, 2.75) is 32.4 Å². The van der Waals surface area contributed by atoms with E-state index < -0.39 is 29.6 Å². The van der Waals surface area contributed by atoms with Gasteiger partial charge in [-0.2, -0.15) is 0 Å². The van der Waals surface area contributed by atoms with Crippen LogP contribution in [0.1, 0.15) is 19.4 Å². The normalized spacial score (nSPS) is 13.2. The maximum atomic E-state index is 12.3. The van der Waals surface area contributed by atoms with E-state index in [0.717, 1.165) is 0 Å². The van der Waals surface area contributed by atoms with Gasteiger partial charge in [0.15, 0.2) is 17.5 Å². The fourth-order valence-corrected chi connectivity index (χ4v) is 2.72. The molecule has 9 nitrogen and oxygen atoms in total. The van der Waals surface area contributed by atoms with Gasteiger partial charge in [-0.25, -0.2) is 9.59 Å². The van der Waals surface area contributed by atoms with Gasteiger partial charge in [-0.15, -0.1) is 0 Å². The number of rotatable bonds is 8. The lowest BCUT2D eigenvalue weighted by Crippen LogP contribution is -2.70. The Bertz CT molecular complexity index is 936. The molecule has 0 spiro atoms. The molecule has 28 heavy (non-hydrogen) atoms. The Morgan fingerprint density at radius 3 is 2.32 bits per heavy atom.